The first kappa shape index (κ1) is 12.2. The standard InChI is InChI=1S/C12H16ClN3O/c1-12(2)6-7(3-4-17-12)11-10(15)8(14)5-9(13)16-11/h3,5H,4,6,15H2,1-2H3,(H2,14,16). The number of nitrogen functional groups attached to an aromatic ring is 2. The molecule has 5 heteroatoms. The van der Waals surface area contributed by atoms with Crippen molar-refractivity contribution in [1.82, 2.24) is 4.98 Å². The van der Waals surface area contributed by atoms with Gasteiger partial charge in [-0.2, -0.15) is 0 Å². The van der Waals surface area contributed by atoms with Gasteiger partial charge in [-0.1, -0.05) is 17.7 Å². The van der Waals surface area contributed by atoms with Crippen molar-refractivity contribution in [3.8, 4) is 0 Å². The van der Waals surface area contributed by atoms with E-state index >= 15 is 0 Å². The summed E-state index contributed by atoms with van der Waals surface area (Å²) in [4.78, 5) is 4.26. The zero-order valence-corrected chi connectivity index (χ0v) is 10.7. The number of ether oxygens (including phenoxy) is 1. The molecule has 0 unspecified atom stereocenters. The van der Waals surface area contributed by atoms with E-state index in [9.17, 15) is 0 Å². The first-order valence-corrected chi connectivity index (χ1v) is 5.82. The molecule has 17 heavy (non-hydrogen) atoms. The van der Waals surface area contributed by atoms with Crippen molar-refractivity contribution in [2.75, 3.05) is 18.1 Å². The van der Waals surface area contributed by atoms with Crippen LogP contribution in [-0.4, -0.2) is 17.2 Å². The Kier molecular flexibility index (Phi) is 3.02. The number of hydrogen-bond acceptors (Lipinski definition) is 4. The fraction of sp³-hybridized carbons (Fsp3) is 0.417. The number of anilines is 2. The van der Waals surface area contributed by atoms with E-state index in [0.29, 0.717) is 28.8 Å². The second-order valence-electron chi connectivity index (χ2n) is 4.77. The summed E-state index contributed by atoms with van der Waals surface area (Å²) in [5.74, 6) is 0. The van der Waals surface area contributed by atoms with Crippen LogP contribution in [0.1, 0.15) is 26.0 Å². The van der Waals surface area contributed by atoms with Crippen molar-refractivity contribution >= 4 is 28.5 Å². The number of nitrogens with two attached hydrogens (primary N) is 2. The van der Waals surface area contributed by atoms with Gasteiger partial charge in [0.1, 0.15) is 5.15 Å². The van der Waals surface area contributed by atoms with Crippen LogP contribution in [0.25, 0.3) is 5.57 Å². The number of rotatable bonds is 1. The predicted octanol–water partition coefficient (Wildman–Crippen LogP) is 2.48. The average molecular weight is 254 g/mol. The fourth-order valence-corrected chi connectivity index (χ4v) is 2.12. The summed E-state index contributed by atoms with van der Waals surface area (Å²) < 4.78 is 5.61. The van der Waals surface area contributed by atoms with E-state index in [2.05, 4.69) is 4.98 Å². The van der Waals surface area contributed by atoms with Gasteiger partial charge in [0, 0.05) is 12.5 Å². The minimum absolute atomic E-state index is 0.213. The van der Waals surface area contributed by atoms with Crippen molar-refractivity contribution in [1.29, 1.82) is 0 Å². The van der Waals surface area contributed by atoms with Crippen LogP contribution in [-0.2, 0) is 4.74 Å². The SMILES string of the molecule is CC1(C)CC(c2nc(Cl)cc(N)c2N)=CCO1. The Bertz CT molecular complexity index is 483. The molecular formula is C12H16ClN3O. The van der Waals surface area contributed by atoms with Crippen LogP contribution in [0.5, 0.6) is 0 Å². The third kappa shape index (κ3) is 2.53. The van der Waals surface area contributed by atoms with E-state index in [0.717, 1.165) is 12.0 Å². The highest BCUT2D eigenvalue weighted by molar-refractivity contribution is 6.29. The van der Waals surface area contributed by atoms with Crippen LogP contribution >= 0.6 is 11.6 Å². The molecule has 0 amide bonds. The van der Waals surface area contributed by atoms with Gasteiger partial charge in [0.25, 0.3) is 0 Å². The average Bonchev–Trinajstić information content (AvgIpc) is 2.22. The molecule has 0 saturated heterocycles. The molecule has 2 rings (SSSR count). The van der Waals surface area contributed by atoms with Gasteiger partial charge in [-0.3, -0.25) is 0 Å². The normalized spacial score (nSPS) is 18.9. The number of aromatic nitrogens is 1. The van der Waals surface area contributed by atoms with E-state index in [1.807, 2.05) is 19.9 Å². The Hall–Kier alpha value is -1.26. The summed E-state index contributed by atoms with van der Waals surface area (Å²) in [6, 6.07) is 1.56. The lowest BCUT2D eigenvalue weighted by molar-refractivity contribution is -0.00304. The predicted molar refractivity (Wildman–Crippen MR) is 70.7 cm³/mol. The molecule has 0 fully saturated rings. The zero-order chi connectivity index (χ0) is 12.6. The Balaban J connectivity index is 2.44. The maximum absolute atomic E-state index is 5.94. The lowest BCUT2D eigenvalue weighted by Gasteiger charge is -2.30. The second kappa shape index (κ2) is 4.20. The van der Waals surface area contributed by atoms with Crippen molar-refractivity contribution in [2.24, 2.45) is 0 Å². The van der Waals surface area contributed by atoms with E-state index in [-0.39, 0.29) is 5.60 Å². The Labute approximate surface area is 106 Å². The van der Waals surface area contributed by atoms with Crippen LogP contribution in [0.15, 0.2) is 12.1 Å². The molecule has 0 saturated carbocycles. The molecule has 4 nitrogen and oxygen atoms in total. The second-order valence-corrected chi connectivity index (χ2v) is 5.16. The van der Waals surface area contributed by atoms with Crippen LogP contribution in [0.2, 0.25) is 5.15 Å². The maximum Gasteiger partial charge on any atom is 0.131 e. The molecule has 4 N–H and O–H groups in total. The quantitative estimate of drug-likeness (QED) is 0.754. The Morgan fingerprint density at radius 3 is 2.76 bits per heavy atom. The molecule has 0 bridgehead atoms. The van der Waals surface area contributed by atoms with Gasteiger partial charge in [0.15, 0.2) is 0 Å². The first-order valence-electron chi connectivity index (χ1n) is 5.44. The van der Waals surface area contributed by atoms with E-state index in [1.165, 1.54) is 0 Å². The van der Waals surface area contributed by atoms with Gasteiger partial charge in [0.2, 0.25) is 0 Å². The van der Waals surface area contributed by atoms with Crippen LogP contribution in [0.3, 0.4) is 0 Å². The number of hydrogen-bond donors (Lipinski definition) is 2. The maximum atomic E-state index is 5.94. The van der Waals surface area contributed by atoms with E-state index in [4.69, 9.17) is 27.8 Å². The molecule has 0 aromatic carbocycles. The van der Waals surface area contributed by atoms with Crippen LogP contribution < -0.4 is 11.5 Å². The van der Waals surface area contributed by atoms with Gasteiger partial charge < -0.3 is 16.2 Å². The zero-order valence-electron chi connectivity index (χ0n) is 9.96. The van der Waals surface area contributed by atoms with E-state index < -0.39 is 0 Å². The molecular weight excluding hydrogens is 238 g/mol. The molecule has 1 aromatic heterocycles. The van der Waals surface area contributed by atoms with Gasteiger partial charge in [-0.15, -0.1) is 0 Å². The minimum Gasteiger partial charge on any atom is -0.397 e. The summed E-state index contributed by atoms with van der Waals surface area (Å²) in [6.45, 7) is 4.62. The molecule has 1 aromatic rings. The summed E-state index contributed by atoms with van der Waals surface area (Å²) in [5.41, 5.74) is 14.2. The Morgan fingerprint density at radius 1 is 1.41 bits per heavy atom. The highest BCUT2D eigenvalue weighted by atomic mass is 35.5. The topological polar surface area (TPSA) is 74.2 Å². The highest BCUT2D eigenvalue weighted by Gasteiger charge is 2.26. The third-order valence-corrected chi connectivity index (χ3v) is 2.98. The first-order chi connectivity index (χ1) is 7.89. The molecule has 0 spiro atoms. The lowest BCUT2D eigenvalue weighted by atomic mass is 9.93. The number of halogens is 1. The lowest BCUT2D eigenvalue weighted by Crippen LogP contribution is -2.28. The monoisotopic (exact) mass is 253 g/mol. The molecule has 92 valence electrons. The summed E-state index contributed by atoms with van der Waals surface area (Å²) in [5, 5.41) is 0.358. The van der Waals surface area contributed by atoms with Crippen molar-refractivity contribution < 1.29 is 4.74 Å². The summed E-state index contributed by atoms with van der Waals surface area (Å²) in [7, 11) is 0. The smallest absolute Gasteiger partial charge is 0.131 e. The Morgan fingerprint density at radius 2 is 2.12 bits per heavy atom. The largest absolute Gasteiger partial charge is 0.397 e. The van der Waals surface area contributed by atoms with Crippen LogP contribution in [0, 0.1) is 0 Å². The van der Waals surface area contributed by atoms with Crippen molar-refractivity contribution in [3.05, 3.63) is 23.0 Å². The molecule has 1 aliphatic rings. The van der Waals surface area contributed by atoms with Crippen molar-refractivity contribution in [3.63, 3.8) is 0 Å². The van der Waals surface area contributed by atoms with E-state index in [1.54, 1.807) is 6.07 Å². The van der Waals surface area contributed by atoms with Gasteiger partial charge >= 0.3 is 0 Å². The summed E-state index contributed by atoms with van der Waals surface area (Å²) in [6.07, 6.45) is 2.71. The fourth-order valence-electron chi connectivity index (χ4n) is 1.92. The number of nitrogens with zero attached hydrogens (tertiary/aromatic N) is 1. The molecule has 0 aliphatic carbocycles. The molecule has 0 atom stereocenters. The molecule has 2 heterocycles. The van der Waals surface area contributed by atoms with Crippen LogP contribution in [0.4, 0.5) is 11.4 Å². The molecule has 0 radical (unpaired) electrons. The van der Waals surface area contributed by atoms with Gasteiger partial charge in [-0.05, 0) is 19.4 Å². The minimum atomic E-state index is -0.213. The summed E-state index contributed by atoms with van der Waals surface area (Å²) >= 11 is 5.91. The molecule has 1 aliphatic heterocycles. The number of pyridine rings is 1. The van der Waals surface area contributed by atoms with Crippen molar-refractivity contribution in [2.45, 2.75) is 25.9 Å². The third-order valence-electron chi connectivity index (χ3n) is 2.78. The van der Waals surface area contributed by atoms with Gasteiger partial charge in [-0.25, -0.2) is 4.98 Å². The van der Waals surface area contributed by atoms with Gasteiger partial charge in [0.05, 0.1) is 29.3 Å². The highest BCUT2D eigenvalue weighted by Crippen LogP contribution is 2.35.